The van der Waals surface area contributed by atoms with Crippen LogP contribution in [0.25, 0.3) is 0 Å². The van der Waals surface area contributed by atoms with Crippen molar-refractivity contribution in [3.63, 3.8) is 0 Å². The highest BCUT2D eigenvalue weighted by Gasteiger charge is 2.09. The van der Waals surface area contributed by atoms with Crippen molar-refractivity contribution in [1.29, 1.82) is 0 Å². The molecule has 15 heavy (non-hydrogen) atoms. The molecular formula is C14H23N. The molecule has 0 amide bonds. The Kier molecular flexibility index (Phi) is 3.56. The molecule has 1 N–H and O–H groups in total. The second kappa shape index (κ2) is 4.36. The van der Waals surface area contributed by atoms with Crippen LogP contribution in [0, 0.1) is 20.8 Å². The summed E-state index contributed by atoms with van der Waals surface area (Å²) in [5.41, 5.74) is 5.76. The Bertz CT molecular complexity index is 322. The SMILES string of the molecule is Cc1cc(CNC(C)(C)C)cc(C)c1C. The van der Waals surface area contributed by atoms with Crippen molar-refractivity contribution in [3.05, 3.63) is 34.4 Å². The molecule has 0 aliphatic carbocycles. The molecule has 0 aromatic heterocycles. The quantitative estimate of drug-likeness (QED) is 0.779. The molecule has 0 saturated heterocycles. The second-order valence-corrected chi connectivity index (χ2v) is 5.46. The number of rotatable bonds is 2. The van der Waals surface area contributed by atoms with Crippen LogP contribution >= 0.6 is 0 Å². The number of benzene rings is 1. The lowest BCUT2D eigenvalue weighted by atomic mass is 10.00. The summed E-state index contributed by atoms with van der Waals surface area (Å²) in [6.07, 6.45) is 0. The van der Waals surface area contributed by atoms with E-state index in [0.717, 1.165) is 6.54 Å². The highest BCUT2D eigenvalue weighted by atomic mass is 14.9. The minimum atomic E-state index is 0.187. The first-order valence-electron chi connectivity index (χ1n) is 5.61. The van der Waals surface area contributed by atoms with Crippen LogP contribution in [0.2, 0.25) is 0 Å². The van der Waals surface area contributed by atoms with Crippen molar-refractivity contribution < 1.29 is 0 Å². The molecular weight excluding hydrogens is 182 g/mol. The van der Waals surface area contributed by atoms with Gasteiger partial charge in [-0.25, -0.2) is 0 Å². The normalized spacial score (nSPS) is 11.9. The van der Waals surface area contributed by atoms with E-state index in [-0.39, 0.29) is 5.54 Å². The second-order valence-electron chi connectivity index (χ2n) is 5.46. The summed E-state index contributed by atoms with van der Waals surface area (Å²) in [5.74, 6) is 0. The fourth-order valence-corrected chi connectivity index (χ4v) is 1.59. The van der Waals surface area contributed by atoms with Gasteiger partial charge in [-0.3, -0.25) is 0 Å². The van der Waals surface area contributed by atoms with E-state index in [1.165, 1.54) is 22.3 Å². The van der Waals surface area contributed by atoms with Gasteiger partial charge in [-0.05, 0) is 63.8 Å². The molecule has 0 fully saturated rings. The zero-order valence-corrected chi connectivity index (χ0v) is 10.9. The van der Waals surface area contributed by atoms with E-state index in [4.69, 9.17) is 0 Å². The molecule has 0 saturated carbocycles. The van der Waals surface area contributed by atoms with Gasteiger partial charge in [-0.1, -0.05) is 12.1 Å². The average molecular weight is 205 g/mol. The lowest BCUT2D eigenvalue weighted by Gasteiger charge is -2.21. The fraction of sp³-hybridized carbons (Fsp3) is 0.571. The van der Waals surface area contributed by atoms with E-state index in [2.05, 4.69) is 59.0 Å². The van der Waals surface area contributed by atoms with Crippen LogP contribution < -0.4 is 5.32 Å². The van der Waals surface area contributed by atoms with Crippen molar-refractivity contribution in [2.45, 2.75) is 53.6 Å². The molecule has 0 heterocycles. The molecule has 0 spiro atoms. The molecule has 0 atom stereocenters. The molecule has 1 heteroatoms. The Morgan fingerprint density at radius 3 is 1.87 bits per heavy atom. The van der Waals surface area contributed by atoms with Crippen LogP contribution in [-0.2, 0) is 6.54 Å². The largest absolute Gasteiger partial charge is 0.308 e. The van der Waals surface area contributed by atoms with Gasteiger partial charge in [0.2, 0.25) is 0 Å². The Balaban J connectivity index is 2.80. The molecule has 1 aromatic rings. The molecule has 1 nitrogen and oxygen atoms in total. The molecule has 0 radical (unpaired) electrons. The minimum absolute atomic E-state index is 0.187. The van der Waals surface area contributed by atoms with E-state index in [1.807, 2.05) is 0 Å². The van der Waals surface area contributed by atoms with Crippen LogP contribution in [0.4, 0.5) is 0 Å². The first kappa shape index (κ1) is 12.3. The predicted octanol–water partition coefficient (Wildman–Crippen LogP) is 3.50. The summed E-state index contributed by atoms with van der Waals surface area (Å²) in [5, 5.41) is 3.51. The van der Waals surface area contributed by atoms with Gasteiger partial charge in [-0.2, -0.15) is 0 Å². The summed E-state index contributed by atoms with van der Waals surface area (Å²) in [7, 11) is 0. The predicted molar refractivity (Wildman–Crippen MR) is 67.2 cm³/mol. The summed E-state index contributed by atoms with van der Waals surface area (Å²) >= 11 is 0. The molecule has 1 aromatic carbocycles. The maximum atomic E-state index is 3.51. The van der Waals surface area contributed by atoms with Crippen molar-refractivity contribution in [2.75, 3.05) is 0 Å². The van der Waals surface area contributed by atoms with Gasteiger partial charge in [-0.15, -0.1) is 0 Å². The van der Waals surface area contributed by atoms with Crippen molar-refractivity contribution in [3.8, 4) is 0 Å². The van der Waals surface area contributed by atoms with Crippen LogP contribution in [-0.4, -0.2) is 5.54 Å². The van der Waals surface area contributed by atoms with E-state index in [0.29, 0.717) is 0 Å². The molecule has 0 aliphatic heterocycles. The Morgan fingerprint density at radius 2 is 1.47 bits per heavy atom. The van der Waals surface area contributed by atoms with Crippen LogP contribution in [0.3, 0.4) is 0 Å². The smallest absolute Gasteiger partial charge is 0.0210 e. The van der Waals surface area contributed by atoms with Gasteiger partial charge >= 0.3 is 0 Å². The third-order valence-electron chi connectivity index (χ3n) is 2.81. The number of hydrogen-bond donors (Lipinski definition) is 1. The van der Waals surface area contributed by atoms with Gasteiger partial charge in [0.05, 0.1) is 0 Å². The number of hydrogen-bond acceptors (Lipinski definition) is 1. The summed E-state index contributed by atoms with van der Waals surface area (Å²) in [6.45, 7) is 14.1. The van der Waals surface area contributed by atoms with E-state index >= 15 is 0 Å². The van der Waals surface area contributed by atoms with E-state index in [9.17, 15) is 0 Å². The molecule has 1 rings (SSSR count). The van der Waals surface area contributed by atoms with Crippen LogP contribution in [0.1, 0.15) is 43.0 Å². The number of nitrogens with one attached hydrogen (secondary N) is 1. The summed E-state index contributed by atoms with van der Waals surface area (Å²) in [4.78, 5) is 0. The van der Waals surface area contributed by atoms with Gasteiger partial charge in [0.1, 0.15) is 0 Å². The van der Waals surface area contributed by atoms with E-state index in [1.54, 1.807) is 0 Å². The van der Waals surface area contributed by atoms with Crippen LogP contribution in [0.5, 0.6) is 0 Å². The minimum Gasteiger partial charge on any atom is -0.308 e. The maximum absolute atomic E-state index is 3.51. The molecule has 0 aliphatic rings. The van der Waals surface area contributed by atoms with Crippen LogP contribution in [0.15, 0.2) is 12.1 Å². The fourth-order valence-electron chi connectivity index (χ4n) is 1.59. The highest BCUT2D eigenvalue weighted by molar-refractivity contribution is 5.36. The molecule has 0 unspecified atom stereocenters. The van der Waals surface area contributed by atoms with E-state index < -0.39 is 0 Å². The zero-order chi connectivity index (χ0) is 11.6. The van der Waals surface area contributed by atoms with Crippen molar-refractivity contribution in [1.82, 2.24) is 5.32 Å². The molecule has 0 bridgehead atoms. The van der Waals surface area contributed by atoms with Gasteiger partial charge in [0.15, 0.2) is 0 Å². The number of aryl methyl sites for hydroxylation is 2. The first-order chi connectivity index (χ1) is 6.79. The maximum Gasteiger partial charge on any atom is 0.0210 e. The Morgan fingerprint density at radius 1 is 1.00 bits per heavy atom. The third-order valence-corrected chi connectivity index (χ3v) is 2.81. The van der Waals surface area contributed by atoms with Crippen molar-refractivity contribution >= 4 is 0 Å². The Labute approximate surface area is 93.9 Å². The summed E-state index contributed by atoms with van der Waals surface area (Å²) < 4.78 is 0. The van der Waals surface area contributed by atoms with Gasteiger partial charge in [0, 0.05) is 12.1 Å². The summed E-state index contributed by atoms with van der Waals surface area (Å²) in [6, 6.07) is 4.56. The monoisotopic (exact) mass is 205 g/mol. The Hall–Kier alpha value is -0.820. The molecule has 84 valence electrons. The average Bonchev–Trinajstić information content (AvgIpc) is 2.09. The van der Waals surface area contributed by atoms with Crippen molar-refractivity contribution in [2.24, 2.45) is 0 Å². The lowest BCUT2D eigenvalue weighted by Crippen LogP contribution is -2.35. The first-order valence-corrected chi connectivity index (χ1v) is 5.61. The van der Waals surface area contributed by atoms with Gasteiger partial charge < -0.3 is 5.32 Å². The highest BCUT2D eigenvalue weighted by Crippen LogP contribution is 2.15. The third kappa shape index (κ3) is 3.67. The standard InChI is InChI=1S/C14H23N/c1-10-7-13(8-11(2)12(10)3)9-15-14(4,5)6/h7-8,15H,9H2,1-6H3. The zero-order valence-electron chi connectivity index (χ0n) is 10.9. The van der Waals surface area contributed by atoms with Gasteiger partial charge in [0.25, 0.3) is 0 Å². The lowest BCUT2D eigenvalue weighted by molar-refractivity contribution is 0.424. The topological polar surface area (TPSA) is 12.0 Å².